The molecular weight excluding hydrogens is 501 g/mol. The van der Waals surface area contributed by atoms with Crippen LogP contribution in [0.5, 0.6) is 5.75 Å². The topological polar surface area (TPSA) is 79.8 Å². The molecule has 0 aliphatic heterocycles. The molecular formula is C26H25BrFN3O3. The van der Waals surface area contributed by atoms with Gasteiger partial charge in [-0.3, -0.25) is 9.59 Å². The Morgan fingerprint density at radius 3 is 2.44 bits per heavy atom. The number of nitrogens with one attached hydrogen (secondary N) is 2. The molecule has 0 bridgehead atoms. The van der Waals surface area contributed by atoms with Gasteiger partial charge in [-0.2, -0.15) is 5.10 Å². The van der Waals surface area contributed by atoms with Crippen molar-refractivity contribution in [3.8, 4) is 5.75 Å². The van der Waals surface area contributed by atoms with Gasteiger partial charge in [0.2, 0.25) is 0 Å². The number of amides is 2. The van der Waals surface area contributed by atoms with Gasteiger partial charge in [0.05, 0.1) is 16.3 Å². The molecule has 0 heterocycles. The van der Waals surface area contributed by atoms with Crippen LogP contribution in [0.25, 0.3) is 0 Å². The Hall–Kier alpha value is -3.52. The Morgan fingerprint density at radius 1 is 1.06 bits per heavy atom. The van der Waals surface area contributed by atoms with Crippen molar-refractivity contribution in [2.75, 3.05) is 0 Å². The molecule has 6 nitrogen and oxygen atoms in total. The number of halogens is 2. The Balaban J connectivity index is 1.58. The Morgan fingerprint density at radius 2 is 1.76 bits per heavy atom. The smallest absolute Gasteiger partial charge is 0.262 e. The summed E-state index contributed by atoms with van der Waals surface area (Å²) in [5, 5.41) is 6.57. The molecule has 3 aromatic carbocycles. The molecule has 3 aromatic rings. The predicted molar refractivity (Wildman–Crippen MR) is 133 cm³/mol. The number of carbonyl (C=O) groups excluding carboxylic acids is 2. The first-order chi connectivity index (χ1) is 16.3. The fourth-order valence-corrected chi connectivity index (χ4v) is 3.60. The van der Waals surface area contributed by atoms with E-state index in [1.807, 2.05) is 42.5 Å². The van der Waals surface area contributed by atoms with Crippen molar-refractivity contribution in [1.29, 1.82) is 0 Å². The predicted octanol–water partition coefficient (Wildman–Crippen LogP) is 5.07. The minimum atomic E-state index is -0.884. The van der Waals surface area contributed by atoms with Crippen molar-refractivity contribution in [3.63, 3.8) is 0 Å². The average Bonchev–Trinajstić information content (AvgIpc) is 2.82. The van der Waals surface area contributed by atoms with Gasteiger partial charge >= 0.3 is 0 Å². The van der Waals surface area contributed by atoms with E-state index >= 15 is 0 Å². The lowest BCUT2D eigenvalue weighted by atomic mass is 10.0. The number of carbonyl (C=O) groups is 2. The van der Waals surface area contributed by atoms with Crippen molar-refractivity contribution in [3.05, 3.63) is 99.8 Å². The second kappa shape index (κ2) is 12.1. The van der Waals surface area contributed by atoms with E-state index in [1.54, 1.807) is 26.0 Å². The molecule has 3 rings (SSSR count). The fraction of sp³-hybridized carbons (Fsp3) is 0.192. The highest BCUT2D eigenvalue weighted by Crippen LogP contribution is 2.26. The van der Waals surface area contributed by atoms with E-state index in [9.17, 15) is 14.0 Å². The molecule has 0 radical (unpaired) electrons. The molecule has 2 amide bonds. The zero-order valence-electron chi connectivity index (χ0n) is 18.8. The van der Waals surface area contributed by atoms with Crippen molar-refractivity contribution < 1.29 is 18.7 Å². The van der Waals surface area contributed by atoms with Crippen LogP contribution in [0.4, 0.5) is 4.39 Å². The lowest BCUT2D eigenvalue weighted by Gasteiger charge is -2.20. The third-order valence-electron chi connectivity index (χ3n) is 4.94. The molecule has 0 fully saturated rings. The van der Waals surface area contributed by atoms with E-state index in [2.05, 4.69) is 31.8 Å². The minimum Gasteiger partial charge on any atom is -0.488 e. The highest BCUT2D eigenvalue weighted by molar-refractivity contribution is 9.10. The van der Waals surface area contributed by atoms with Crippen LogP contribution in [-0.4, -0.2) is 24.1 Å². The van der Waals surface area contributed by atoms with Crippen molar-refractivity contribution in [2.24, 2.45) is 11.0 Å². The molecule has 0 aliphatic rings. The van der Waals surface area contributed by atoms with Crippen LogP contribution in [0.15, 0.2) is 82.4 Å². The highest BCUT2D eigenvalue weighted by atomic mass is 79.9. The van der Waals surface area contributed by atoms with Crippen molar-refractivity contribution >= 4 is 34.0 Å². The first kappa shape index (κ1) is 25.1. The summed E-state index contributed by atoms with van der Waals surface area (Å²) >= 11 is 3.49. The number of benzene rings is 3. The van der Waals surface area contributed by atoms with E-state index in [0.29, 0.717) is 12.4 Å². The van der Waals surface area contributed by atoms with Gasteiger partial charge in [0.1, 0.15) is 24.2 Å². The summed E-state index contributed by atoms with van der Waals surface area (Å²) in [4.78, 5) is 25.0. The second-order valence-electron chi connectivity index (χ2n) is 7.87. The van der Waals surface area contributed by atoms with E-state index in [0.717, 1.165) is 15.6 Å². The van der Waals surface area contributed by atoms with Crippen LogP contribution in [0.1, 0.15) is 35.3 Å². The zero-order valence-corrected chi connectivity index (χ0v) is 20.4. The summed E-state index contributed by atoms with van der Waals surface area (Å²) < 4.78 is 20.5. The van der Waals surface area contributed by atoms with Gasteiger partial charge in [-0.15, -0.1) is 0 Å². The van der Waals surface area contributed by atoms with E-state index < -0.39 is 23.7 Å². The van der Waals surface area contributed by atoms with Gasteiger partial charge in [-0.05, 0) is 63.3 Å². The first-order valence-corrected chi connectivity index (χ1v) is 11.5. The molecule has 8 heteroatoms. The van der Waals surface area contributed by atoms with Crippen LogP contribution >= 0.6 is 15.9 Å². The Bertz CT molecular complexity index is 1170. The Labute approximate surface area is 206 Å². The molecule has 1 unspecified atom stereocenters. The van der Waals surface area contributed by atoms with Gasteiger partial charge in [0.15, 0.2) is 0 Å². The molecule has 0 spiro atoms. The summed E-state index contributed by atoms with van der Waals surface area (Å²) in [6.45, 7) is 4.00. The molecule has 0 aromatic heterocycles. The molecule has 34 heavy (non-hydrogen) atoms. The quantitative estimate of drug-likeness (QED) is 0.302. The fourth-order valence-electron chi connectivity index (χ4n) is 3.09. The summed E-state index contributed by atoms with van der Waals surface area (Å²) in [5.41, 5.74) is 4.11. The lowest BCUT2D eigenvalue weighted by Crippen LogP contribution is -2.48. The summed E-state index contributed by atoms with van der Waals surface area (Å²) in [7, 11) is 0. The molecule has 0 saturated heterocycles. The summed E-state index contributed by atoms with van der Waals surface area (Å²) in [6, 6.07) is 20.0. The normalized spacial score (nSPS) is 11.9. The van der Waals surface area contributed by atoms with Crippen molar-refractivity contribution in [2.45, 2.75) is 26.5 Å². The SMILES string of the molecule is CC(C)C(NC(=O)c1ccccc1F)C(=O)N/N=C/c1ccc(OCc2ccccc2)c(Br)c1. The maximum atomic E-state index is 13.9. The van der Waals surface area contributed by atoms with Gasteiger partial charge < -0.3 is 10.1 Å². The zero-order chi connectivity index (χ0) is 24.5. The summed E-state index contributed by atoms with van der Waals surface area (Å²) in [5.74, 6) is -1.37. The standard InChI is InChI=1S/C26H25BrFN3O3/c1-17(2)24(30-25(32)20-10-6-7-11-22(20)28)26(33)31-29-15-19-12-13-23(21(27)14-19)34-16-18-8-4-3-5-9-18/h3-15,17,24H,16H2,1-2H3,(H,30,32)(H,31,33)/b29-15+. The Kier molecular flexibility index (Phi) is 8.93. The molecule has 176 valence electrons. The molecule has 0 aliphatic carbocycles. The number of nitrogens with zero attached hydrogens (tertiary/aromatic N) is 1. The van der Waals surface area contributed by atoms with Gasteiger partial charge in [0.25, 0.3) is 11.8 Å². The number of hydrogen-bond acceptors (Lipinski definition) is 4. The molecule has 1 atom stereocenters. The van der Waals surface area contributed by atoms with Crippen LogP contribution < -0.4 is 15.5 Å². The van der Waals surface area contributed by atoms with E-state index in [-0.39, 0.29) is 11.5 Å². The average molecular weight is 526 g/mol. The highest BCUT2D eigenvalue weighted by Gasteiger charge is 2.25. The largest absolute Gasteiger partial charge is 0.488 e. The number of ether oxygens (including phenoxy) is 1. The maximum Gasteiger partial charge on any atom is 0.262 e. The number of hydrogen-bond donors (Lipinski definition) is 2. The molecule has 0 saturated carbocycles. The van der Waals surface area contributed by atoms with Crippen molar-refractivity contribution in [1.82, 2.24) is 10.7 Å². The summed E-state index contributed by atoms with van der Waals surface area (Å²) in [6.07, 6.45) is 1.49. The monoisotopic (exact) mass is 525 g/mol. The number of rotatable bonds is 9. The molecule has 2 N–H and O–H groups in total. The van der Waals surface area contributed by atoms with Gasteiger partial charge in [0, 0.05) is 0 Å². The van der Waals surface area contributed by atoms with E-state index in [4.69, 9.17) is 4.74 Å². The lowest BCUT2D eigenvalue weighted by molar-refractivity contribution is -0.123. The maximum absolute atomic E-state index is 13.9. The van der Waals surface area contributed by atoms with Crippen LogP contribution in [-0.2, 0) is 11.4 Å². The first-order valence-electron chi connectivity index (χ1n) is 10.7. The second-order valence-corrected chi connectivity index (χ2v) is 8.73. The number of hydrazone groups is 1. The van der Waals surface area contributed by atoms with E-state index in [1.165, 1.54) is 24.4 Å². The van der Waals surface area contributed by atoms with Crippen LogP contribution in [0, 0.1) is 11.7 Å². The van der Waals surface area contributed by atoms with Gasteiger partial charge in [-0.25, -0.2) is 9.82 Å². The van der Waals surface area contributed by atoms with Crippen LogP contribution in [0.2, 0.25) is 0 Å². The van der Waals surface area contributed by atoms with Gasteiger partial charge in [-0.1, -0.05) is 56.3 Å². The minimum absolute atomic E-state index is 0.121. The third-order valence-corrected chi connectivity index (χ3v) is 5.56. The third kappa shape index (κ3) is 6.99. The van der Waals surface area contributed by atoms with Crippen LogP contribution in [0.3, 0.4) is 0 Å².